The van der Waals surface area contributed by atoms with E-state index >= 15 is 0 Å². The molecule has 8 nitrogen and oxygen atoms in total. The molecule has 0 radical (unpaired) electrons. The Morgan fingerprint density at radius 3 is 2.88 bits per heavy atom. The van der Waals surface area contributed by atoms with Crippen molar-refractivity contribution >= 4 is 11.7 Å². The molecule has 3 heterocycles. The molecule has 1 aliphatic rings. The van der Waals surface area contributed by atoms with Gasteiger partial charge in [-0.25, -0.2) is 4.79 Å². The van der Waals surface area contributed by atoms with Gasteiger partial charge in [0.2, 0.25) is 11.8 Å². The van der Waals surface area contributed by atoms with Crippen LogP contribution in [0.25, 0.3) is 0 Å². The molecule has 0 saturated carbocycles. The number of rotatable bonds is 3. The first-order chi connectivity index (χ1) is 11.5. The minimum absolute atomic E-state index is 0.136. The Hall–Kier alpha value is -2.48. The summed E-state index contributed by atoms with van der Waals surface area (Å²) in [5, 5.41) is 11.0. The van der Waals surface area contributed by atoms with Crippen molar-refractivity contribution < 1.29 is 13.9 Å². The number of carbonyl (C=O) groups is 1. The molecule has 1 aliphatic heterocycles. The van der Waals surface area contributed by atoms with Crippen LogP contribution in [0, 0.1) is 6.92 Å². The van der Waals surface area contributed by atoms with Crippen LogP contribution >= 0.6 is 0 Å². The summed E-state index contributed by atoms with van der Waals surface area (Å²) in [4.78, 5) is 18.5. The van der Waals surface area contributed by atoms with Gasteiger partial charge in [-0.1, -0.05) is 13.8 Å². The van der Waals surface area contributed by atoms with E-state index < -0.39 is 6.04 Å². The van der Waals surface area contributed by atoms with E-state index in [-0.39, 0.29) is 11.9 Å². The van der Waals surface area contributed by atoms with Crippen molar-refractivity contribution in [3.05, 3.63) is 35.8 Å². The zero-order valence-electron chi connectivity index (χ0n) is 14.0. The Kier molecular flexibility index (Phi) is 4.75. The topological polar surface area (TPSA) is 93.4 Å². The zero-order chi connectivity index (χ0) is 17.1. The predicted octanol–water partition coefficient (Wildman–Crippen LogP) is 2.50. The summed E-state index contributed by atoms with van der Waals surface area (Å²) in [7, 11) is 0. The van der Waals surface area contributed by atoms with E-state index in [1.807, 2.05) is 32.9 Å². The summed E-state index contributed by atoms with van der Waals surface area (Å²) in [5.41, 5.74) is 1.54. The Labute approximate surface area is 140 Å². The van der Waals surface area contributed by atoms with Crippen molar-refractivity contribution in [3.8, 4) is 0 Å². The van der Waals surface area contributed by atoms with Gasteiger partial charge in [0.25, 0.3) is 0 Å². The normalized spacial score (nSPS) is 18.0. The van der Waals surface area contributed by atoms with Crippen LogP contribution in [0.1, 0.15) is 43.3 Å². The fourth-order valence-electron chi connectivity index (χ4n) is 2.40. The number of hydrogen-bond acceptors (Lipinski definition) is 6. The van der Waals surface area contributed by atoms with Gasteiger partial charge in [0, 0.05) is 18.2 Å². The van der Waals surface area contributed by atoms with Crippen molar-refractivity contribution in [1.82, 2.24) is 20.1 Å². The zero-order valence-corrected chi connectivity index (χ0v) is 14.0. The maximum absolute atomic E-state index is 12.6. The number of morpholine rings is 1. The average Bonchev–Trinajstić information content (AvgIpc) is 3.07. The summed E-state index contributed by atoms with van der Waals surface area (Å²) in [6.45, 7) is 7.11. The van der Waals surface area contributed by atoms with E-state index in [0.29, 0.717) is 37.2 Å². The molecule has 1 saturated heterocycles. The number of aryl methyl sites for hydroxylation is 1. The third kappa shape index (κ3) is 3.53. The number of nitrogens with zero attached hydrogens (tertiary/aromatic N) is 4. The van der Waals surface area contributed by atoms with Gasteiger partial charge >= 0.3 is 6.03 Å². The van der Waals surface area contributed by atoms with E-state index in [1.54, 1.807) is 11.1 Å². The van der Waals surface area contributed by atoms with Crippen LogP contribution in [0.15, 0.2) is 22.7 Å². The molecule has 24 heavy (non-hydrogen) atoms. The molecular formula is C16H21N5O3. The fourth-order valence-corrected chi connectivity index (χ4v) is 2.40. The molecule has 0 aliphatic carbocycles. The van der Waals surface area contributed by atoms with E-state index in [9.17, 15) is 4.79 Å². The predicted molar refractivity (Wildman–Crippen MR) is 86.6 cm³/mol. The number of hydrogen-bond donors (Lipinski definition) is 1. The lowest BCUT2D eigenvalue weighted by Gasteiger charge is -2.33. The van der Waals surface area contributed by atoms with Crippen molar-refractivity contribution in [2.45, 2.75) is 32.7 Å². The van der Waals surface area contributed by atoms with Crippen LogP contribution in [-0.4, -0.2) is 45.9 Å². The Morgan fingerprint density at radius 2 is 2.21 bits per heavy atom. The van der Waals surface area contributed by atoms with Crippen molar-refractivity contribution in [2.75, 3.05) is 25.1 Å². The molecule has 2 amide bonds. The number of pyridine rings is 1. The van der Waals surface area contributed by atoms with Crippen LogP contribution in [-0.2, 0) is 4.74 Å². The molecule has 0 aromatic carbocycles. The number of anilines is 1. The number of ether oxygens (including phenoxy) is 1. The highest BCUT2D eigenvalue weighted by molar-refractivity contribution is 5.89. The SMILES string of the molecule is Cc1ccc(NC(=O)N2CCOC[C@H]2c2nnc(C(C)C)o2)cn1. The molecule has 1 atom stereocenters. The standard InChI is InChI=1S/C16H21N5O3/c1-10(2)14-19-20-15(24-14)13-9-23-7-6-21(13)16(22)18-12-5-4-11(3)17-8-12/h4-5,8,10,13H,6-7,9H2,1-3H3,(H,18,22)/t13-/m0/s1. The van der Waals surface area contributed by atoms with Crippen LogP contribution < -0.4 is 5.32 Å². The van der Waals surface area contributed by atoms with E-state index in [0.717, 1.165) is 5.69 Å². The Morgan fingerprint density at radius 1 is 1.38 bits per heavy atom. The quantitative estimate of drug-likeness (QED) is 0.929. The number of carbonyl (C=O) groups excluding carboxylic acids is 1. The maximum atomic E-state index is 12.6. The summed E-state index contributed by atoms with van der Waals surface area (Å²) < 4.78 is 11.2. The van der Waals surface area contributed by atoms with Crippen molar-refractivity contribution in [1.29, 1.82) is 0 Å². The van der Waals surface area contributed by atoms with Gasteiger partial charge in [-0.05, 0) is 19.1 Å². The van der Waals surface area contributed by atoms with Crippen LogP contribution in [0.2, 0.25) is 0 Å². The minimum atomic E-state index is -0.392. The lowest BCUT2D eigenvalue weighted by Crippen LogP contribution is -2.45. The van der Waals surface area contributed by atoms with Crippen LogP contribution in [0.4, 0.5) is 10.5 Å². The second-order valence-electron chi connectivity index (χ2n) is 6.04. The number of nitrogens with one attached hydrogen (secondary N) is 1. The average molecular weight is 331 g/mol. The van der Waals surface area contributed by atoms with E-state index in [1.165, 1.54) is 0 Å². The van der Waals surface area contributed by atoms with Gasteiger partial charge in [0.15, 0.2) is 0 Å². The lowest BCUT2D eigenvalue weighted by atomic mass is 10.2. The molecular weight excluding hydrogens is 310 g/mol. The second-order valence-corrected chi connectivity index (χ2v) is 6.04. The third-order valence-corrected chi connectivity index (χ3v) is 3.79. The summed E-state index contributed by atoms with van der Waals surface area (Å²) in [6.07, 6.45) is 1.63. The smallest absolute Gasteiger partial charge is 0.322 e. The highest BCUT2D eigenvalue weighted by Crippen LogP contribution is 2.25. The molecule has 8 heteroatoms. The second kappa shape index (κ2) is 6.96. The molecule has 0 bridgehead atoms. The number of urea groups is 1. The molecule has 0 unspecified atom stereocenters. The van der Waals surface area contributed by atoms with Gasteiger partial charge in [-0.2, -0.15) is 0 Å². The van der Waals surface area contributed by atoms with E-state index in [4.69, 9.17) is 9.15 Å². The summed E-state index contributed by atoms with van der Waals surface area (Å²) in [6, 6.07) is 3.04. The van der Waals surface area contributed by atoms with E-state index in [2.05, 4.69) is 20.5 Å². The van der Waals surface area contributed by atoms with Crippen molar-refractivity contribution in [3.63, 3.8) is 0 Å². The third-order valence-electron chi connectivity index (χ3n) is 3.79. The van der Waals surface area contributed by atoms with Crippen LogP contribution in [0.5, 0.6) is 0 Å². The summed E-state index contributed by atoms with van der Waals surface area (Å²) >= 11 is 0. The number of amides is 2. The molecule has 1 N–H and O–H groups in total. The lowest BCUT2D eigenvalue weighted by molar-refractivity contribution is 0.00494. The molecule has 2 aromatic rings. The highest BCUT2D eigenvalue weighted by atomic mass is 16.5. The highest BCUT2D eigenvalue weighted by Gasteiger charge is 2.33. The molecule has 2 aromatic heterocycles. The van der Waals surface area contributed by atoms with Gasteiger partial charge in [-0.3, -0.25) is 4.98 Å². The largest absolute Gasteiger partial charge is 0.423 e. The first-order valence-corrected chi connectivity index (χ1v) is 7.96. The van der Waals surface area contributed by atoms with Gasteiger partial charge in [-0.15, -0.1) is 10.2 Å². The first-order valence-electron chi connectivity index (χ1n) is 7.96. The molecule has 1 fully saturated rings. The monoisotopic (exact) mass is 331 g/mol. The molecule has 0 spiro atoms. The first kappa shape index (κ1) is 16.4. The number of aromatic nitrogens is 3. The van der Waals surface area contributed by atoms with Crippen LogP contribution in [0.3, 0.4) is 0 Å². The minimum Gasteiger partial charge on any atom is -0.423 e. The molecule has 128 valence electrons. The van der Waals surface area contributed by atoms with Gasteiger partial charge < -0.3 is 19.4 Å². The summed E-state index contributed by atoms with van der Waals surface area (Å²) in [5.74, 6) is 1.09. The van der Waals surface area contributed by atoms with Gasteiger partial charge in [0.05, 0.1) is 25.1 Å². The Bertz CT molecular complexity index is 698. The Balaban J connectivity index is 1.75. The maximum Gasteiger partial charge on any atom is 0.322 e. The molecule has 3 rings (SSSR count). The fraction of sp³-hybridized carbons (Fsp3) is 0.500. The van der Waals surface area contributed by atoms with Crippen molar-refractivity contribution in [2.24, 2.45) is 0 Å². The van der Waals surface area contributed by atoms with Gasteiger partial charge in [0.1, 0.15) is 6.04 Å².